The number of aromatic nitrogens is 2. The molecule has 1 saturated carbocycles. The van der Waals surface area contributed by atoms with E-state index in [-0.39, 0.29) is 78.2 Å². The zero-order valence-corrected chi connectivity index (χ0v) is 46.1. The quantitative estimate of drug-likeness (QED) is 0.0526. The van der Waals surface area contributed by atoms with Crippen LogP contribution in [0.2, 0.25) is 0 Å². The van der Waals surface area contributed by atoms with Crippen LogP contribution >= 0.6 is 0 Å². The summed E-state index contributed by atoms with van der Waals surface area (Å²) < 4.78 is 80.8. The first kappa shape index (κ1) is 54.8. The van der Waals surface area contributed by atoms with Crippen LogP contribution in [0.4, 0.5) is 31.5 Å². The van der Waals surface area contributed by atoms with Gasteiger partial charge in [-0.3, -0.25) is 24.7 Å². The minimum Gasteiger partial charge on any atom is -0.497 e. The lowest BCUT2D eigenvalue weighted by molar-refractivity contribution is -0.384. The number of aromatic amines is 1. The topological polar surface area (TPSA) is 208 Å². The number of likely N-dealkylation sites (N-methyl/N-ethyl adjacent to an activating group) is 1. The summed E-state index contributed by atoms with van der Waals surface area (Å²) in [6.45, 7) is 9.13. The Bertz CT molecular complexity index is 3450. The lowest BCUT2D eigenvalue weighted by Gasteiger charge is -2.58. The zero-order valence-electron chi connectivity index (χ0n) is 45.3. The van der Waals surface area contributed by atoms with E-state index in [0.717, 1.165) is 69.7 Å². The number of hydrogen-bond acceptors (Lipinski definition) is 15. The van der Waals surface area contributed by atoms with E-state index in [1.165, 1.54) is 53.1 Å². The van der Waals surface area contributed by atoms with E-state index >= 15 is 8.78 Å². The van der Waals surface area contributed by atoms with Crippen LogP contribution in [0, 0.1) is 21.3 Å². The third kappa shape index (κ3) is 10.9. The number of halogens is 2. The normalized spacial score (nSPS) is 20.4. The number of pyridine rings is 1. The fourth-order valence-electron chi connectivity index (χ4n) is 12.5. The van der Waals surface area contributed by atoms with Gasteiger partial charge in [0.25, 0.3) is 21.6 Å². The van der Waals surface area contributed by atoms with Crippen molar-refractivity contribution in [3.8, 4) is 17.2 Å². The van der Waals surface area contributed by atoms with E-state index in [9.17, 15) is 28.4 Å². The molecule has 1 amide bonds. The summed E-state index contributed by atoms with van der Waals surface area (Å²) in [5, 5.41) is 27.1. The second kappa shape index (κ2) is 22.1. The molecule has 1 aliphatic carbocycles. The van der Waals surface area contributed by atoms with Gasteiger partial charge in [-0.15, -0.1) is 0 Å². The molecule has 11 rings (SSSR count). The van der Waals surface area contributed by atoms with Gasteiger partial charge in [0.15, 0.2) is 0 Å². The number of piperidine rings is 1. The molecule has 422 valence electrons. The number of carbonyl (C=O) groups excluding carboxylic acids is 1. The smallest absolute Gasteiger partial charge is 0.295 e. The Labute approximate surface area is 463 Å². The van der Waals surface area contributed by atoms with Gasteiger partial charge in [0.05, 0.1) is 35.2 Å². The van der Waals surface area contributed by atoms with E-state index in [1.807, 2.05) is 21.8 Å². The van der Waals surface area contributed by atoms with Crippen molar-refractivity contribution >= 4 is 55.8 Å². The Morgan fingerprint density at radius 2 is 1.75 bits per heavy atom. The number of aliphatic hydroxyl groups is 1. The van der Waals surface area contributed by atoms with Crippen molar-refractivity contribution in [1.82, 2.24) is 24.5 Å². The highest BCUT2D eigenvalue weighted by Gasteiger charge is 2.50. The molecule has 1 unspecified atom stereocenters. The van der Waals surface area contributed by atoms with E-state index in [1.54, 1.807) is 25.4 Å². The average Bonchev–Trinajstić information content (AvgIpc) is 3.92. The molecule has 4 aromatic carbocycles. The summed E-state index contributed by atoms with van der Waals surface area (Å²) in [6.07, 6.45) is 8.04. The molecular weight excluding hydrogens is 1050 g/mol. The molecule has 6 heterocycles. The molecule has 1 spiro atoms. The van der Waals surface area contributed by atoms with E-state index < -0.39 is 54.7 Å². The van der Waals surface area contributed by atoms with Crippen LogP contribution in [-0.2, 0) is 21.3 Å². The molecule has 0 bridgehead atoms. The van der Waals surface area contributed by atoms with Gasteiger partial charge in [-0.25, -0.2) is 26.9 Å². The van der Waals surface area contributed by atoms with E-state index in [0.29, 0.717) is 36.1 Å². The van der Waals surface area contributed by atoms with Gasteiger partial charge in [0, 0.05) is 120 Å². The Morgan fingerprint density at radius 1 is 1.00 bits per heavy atom. The first-order valence-corrected chi connectivity index (χ1v) is 28.8. The number of amides is 1. The number of fused-ring (bicyclic) bond motifs is 2. The largest absolute Gasteiger partial charge is 0.497 e. The summed E-state index contributed by atoms with van der Waals surface area (Å²) in [5.74, 6) is -0.816. The van der Waals surface area contributed by atoms with Crippen molar-refractivity contribution in [2.45, 2.75) is 93.7 Å². The number of methoxy groups -OCH3 is 1. The number of alkyl halides is 1. The number of ether oxygens (including phenoxy) is 3. The highest BCUT2D eigenvalue weighted by molar-refractivity contribution is 7.90. The van der Waals surface area contributed by atoms with Crippen LogP contribution in [0.1, 0.15) is 96.9 Å². The molecule has 21 heteroatoms. The standard InChI is InChI=1S/C59H67F2N9O9S/c1-37(2)43-7-5-6-8-44(43)50-35-67(34-38-9-11-41(77-4)12-10-38)23-24-69(50)40-31-58(32-40)16-21-68(22-17-58)48-29-51(79-42-27-39-15-20-62-56(39)63-33-42)46(28-47(48)60)57(72)65-80(75,76)52-30-49(70(73)74)54(55-45(52)13-14-53(71)66(55)3)64-36-59(61)18-25-78-26-19-59/h5-15,20,27-30,33,37,40,50,53,64,71H,16-19,21-26,31-32,34-36H2,1-4H3,(H,62,63)(H,65,72)/t50-,53?/m0/s1. The van der Waals surface area contributed by atoms with Gasteiger partial charge in [-0.2, -0.15) is 0 Å². The first-order chi connectivity index (χ1) is 38.4. The summed E-state index contributed by atoms with van der Waals surface area (Å²) in [4.78, 5) is 41.6. The molecule has 2 aromatic heterocycles. The van der Waals surface area contributed by atoms with E-state index in [4.69, 9.17) is 14.2 Å². The van der Waals surface area contributed by atoms with Crippen LogP contribution in [0.15, 0.2) is 102 Å². The van der Waals surface area contributed by atoms with Gasteiger partial charge in [0.2, 0.25) is 0 Å². The Kier molecular flexibility index (Phi) is 15.1. The van der Waals surface area contributed by atoms with Crippen molar-refractivity contribution in [3.63, 3.8) is 0 Å². The number of sulfonamides is 1. The Morgan fingerprint density at radius 3 is 2.48 bits per heavy atom. The second-order valence-corrected chi connectivity index (χ2v) is 24.0. The number of nitrogens with one attached hydrogen (secondary N) is 3. The molecule has 6 aromatic rings. The number of H-pyrrole nitrogens is 1. The maximum atomic E-state index is 16.8. The van der Waals surface area contributed by atoms with Crippen LogP contribution in [0.5, 0.6) is 17.2 Å². The monoisotopic (exact) mass is 1120 g/mol. The van der Waals surface area contributed by atoms with Crippen molar-refractivity contribution in [1.29, 1.82) is 0 Å². The third-order valence-corrected chi connectivity index (χ3v) is 18.4. The van der Waals surface area contributed by atoms with Crippen molar-refractivity contribution in [3.05, 3.63) is 141 Å². The fraction of sp³-hybridized carbons (Fsp3) is 0.424. The van der Waals surface area contributed by atoms with Crippen molar-refractivity contribution in [2.75, 3.05) is 81.8 Å². The summed E-state index contributed by atoms with van der Waals surface area (Å²) >= 11 is 0. The van der Waals surface area contributed by atoms with E-state index in [2.05, 4.69) is 75.3 Å². The number of aliphatic hydroxyl groups excluding tert-OH is 1. The predicted octanol–water partition coefficient (Wildman–Crippen LogP) is 9.67. The van der Waals surface area contributed by atoms with Crippen LogP contribution in [0.25, 0.3) is 17.1 Å². The average molecular weight is 1120 g/mol. The number of nitro benzene ring substituents is 1. The second-order valence-electron chi connectivity index (χ2n) is 22.4. The highest BCUT2D eigenvalue weighted by atomic mass is 32.2. The molecule has 4 fully saturated rings. The number of nitrogens with zero attached hydrogens (tertiary/aromatic N) is 6. The number of piperazine rings is 1. The minimum absolute atomic E-state index is 0.0266. The van der Waals surface area contributed by atoms with Crippen molar-refractivity contribution in [2.24, 2.45) is 5.41 Å². The molecule has 4 aliphatic heterocycles. The molecule has 3 saturated heterocycles. The number of nitro groups is 1. The van der Waals surface area contributed by atoms with Gasteiger partial charge in [-0.1, -0.05) is 56.3 Å². The lowest BCUT2D eigenvalue weighted by atomic mass is 9.59. The fourth-order valence-corrected chi connectivity index (χ4v) is 13.7. The molecule has 0 radical (unpaired) electrons. The molecule has 80 heavy (non-hydrogen) atoms. The maximum absolute atomic E-state index is 16.8. The SMILES string of the molecule is COc1ccc(CN2CCN(C3CC4(CCN(c5cc(Oc6cnc7[nH]ccc7c6)c(C(=O)NS(=O)(=O)c6cc([N+](=O)[O-])c(NCC7(F)CCOCC7)c7c6C=CC(O)N7C)cc5F)CC4)C3)[C@H](c3ccccc3C(C)C)C2)cc1. The van der Waals surface area contributed by atoms with Crippen molar-refractivity contribution < 1.29 is 46.2 Å². The van der Waals surface area contributed by atoms with Crippen LogP contribution in [0.3, 0.4) is 0 Å². The Hall–Kier alpha value is -7.17. The molecule has 2 atom stereocenters. The molecule has 5 aliphatic rings. The molecule has 18 nitrogen and oxygen atoms in total. The van der Waals surface area contributed by atoms with Gasteiger partial charge in [0.1, 0.15) is 51.2 Å². The number of hydrogen-bond donors (Lipinski definition) is 4. The van der Waals surface area contributed by atoms with Gasteiger partial charge >= 0.3 is 0 Å². The lowest BCUT2D eigenvalue weighted by Crippen LogP contribution is -2.60. The first-order valence-electron chi connectivity index (χ1n) is 27.3. The van der Waals surface area contributed by atoms with Gasteiger partial charge < -0.3 is 39.4 Å². The number of benzene rings is 4. The molecule has 4 N–H and O–H groups in total. The predicted molar refractivity (Wildman–Crippen MR) is 301 cm³/mol. The summed E-state index contributed by atoms with van der Waals surface area (Å²) in [5.41, 5.74) is 1.35. The molecular formula is C59H67F2N9O9S. The Balaban J connectivity index is 0.839. The van der Waals surface area contributed by atoms with Gasteiger partial charge in [-0.05, 0) is 90.1 Å². The summed E-state index contributed by atoms with van der Waals surface area (Å²) in [7, 11) is -1.95. The summed E-state index contributed by atoms with van der Waals surface area (Å²) in [6, 6.07) is 24.3. The number of rotatable bonds is 16. The zero-order chi connectivity index (χ0) is 56.1. The minimum atomic E-state index is -5.03. The number of carbonyl (C=O) groups is 1. The highest BCUT2D eigenvalue weighted by Crippen LogP contribution is 2.54. The number of anilines is 3. The maximum Gasteiger partial charge on any atom is 0.295 e. The van der Waals surface area contributed by atoms with Crippen LogP contribution < -0.4 is 29.3 Å². The van der Waals surface area contributed by atoms with Crippen LogP contribution in [-0.4, -0.2) is 129 Å². The third-order valence-electron chi connectivity index (χ3n) is 17.1.